The first-order valence-corrected chi connectivity index (χ1v) is 20.0. The number of rotatable bonds is 16. The highest BCUT2D eigenvalue weighted by Gasteiger charge is 2.51. The highest BCUT2D eigenvalue weighted by Crippen LogP contribution is 2.49. The molecule has 13 nitrogen and oxygen atoms in total. The van der Waals surface area contributed by atoms with Gasteiger partial charge < -0.3 is 35.1 Å². The molecular weight excluding hydrogens is 655 g/mol. The molecule has 3 N–H and O–H groups in total. The zero-order chi connectivity index (χ0) is 37.0. The normalized spacial score (nSPS) is 26.9. The van der Waals surface area contributed by atoms with E-state index < -0.39 is 0 Å². The molecule has 13 heteroatoms. The second kappa shape index (κ2) is 16.6. The van der Waals surface area contributed by atoms with Gasteiger partial charge in [0.05, 0.1) is 22.8 Å². The third kappa shape index (κ3) is 8.22. The molecule has 4 fully saturated rings. The lowest BCUT2D eigenvalue weighted by Crippen LogP contribution is -2.50. The van der Waals surface area contributed by atoms with Crippen LogP contribution in [-0.4, -0.2) is 143 Å². The van der Waals surface area contributed by atoms with Crippen molar-refractivity contribution in [1.29, 1.82) is 0 Å². The summed E-state index contributed by atoms with van der Waals surface area (Å²) in [5.74, 6) is 1.53. The second-order valence-corrected chi connectivity index (χ2v) is 17.2. The Kier molecular flexibility index (Phi) is 12.3. The monoisotopic (exact) mass is 722 g/mol. The smallest absolute Gasteiger partial charge is 0.320 e. The molecule has 0 aromatic carbocycles. The van der Waals surface area contributed by atoms with Gasteiger partial charge in [0.25, 0.3) is 0 Å². The number of amides is 3. The van der Waals surface area contributed by atoms with E-state index in [9.17, 15) is 9.59 Å². The van der Waals surface area contributed by atoms with Crippen LogP contribution in [0, 0.1) is 11.3 Å². The molecular formula is C39H67N11O2. The highest BCUT2D eigenvalue weighted by atomic mass is 16.2. The number of urea groups is 1. The quantitative estimate of drug-likeness (QED) is 0.239. The van der Waals surface area contributed by atoms with Crippen molar-refractivity contribution in [1.82, 2.24) is 55.1 Å². The molecule has 0 bridgehead atoms. The van der Waals surface area contributed by atoms with Crippen LogP contribution in [0.15, 0.2) is 12.4 Å². The van der Waals surface area contributed by atoms with E-state index in [1.54, 1.807) is 0 Å². The lowest BCUT2D eigenvalue weighted by atomic mass is 9.68. The average Bonchev–Trinajstić information content (AvgIpc) is 3.87. The van der Waals surface area contributed by atoms with Crippen LogP contribution < -0.4 is 10.6 Å². The Morgan fingerprint density at radius 3 is 2.19 bits per heavy atom. The van der Waals surface area contributed by atoms with Gasteiger partial charge in [0.1, 0.15) is 6.67 Å². The fourth-order valence-electron chi connectivity index (χ4n) is 9.78. The maximum Gasteiger partial charge on any atom is 0.320 e. The molecule has 2 saturated carbocycles. The van der Waals surface area contributed by atoms with Crippen LogP contribution in [0.1, 0.15) is 106 Å². The maximum atomic E-state index is 14.2. The Morgan fingerprint density at radius 1 is 0.923 bits per heavy atom. The minimum atomic E-state index is -0.252. The van der Waals surface area contributed by atoms with Crippen LogP contribution in [-0.2, 0) is 24.6 Å². The van der Waals surface area contributed by atoms with E-state index in [4.69, 9.17) is 5.10 Å². The SMILES string of the molecule is CNCCN(C)Cc1cn(CN2CCC3(CCC(c4[nH]ncc4CN(C)CCNC)CC3)C2=O)nc1C1CCC2(CC1)CN(C)C(=O)N2CC(C)C. The molecule has 6 rings (SSSR count). The van der Waals surface area contributed by atoms with Crippen molar-refractivity contribution < 1.29 is 9.59 Å². The number of likely N-dealkylation sites (tertiary alicyclic amines) is 1. The number of hydrogen-bond acceptors (Lipinski definition) is 8. The fraction of sp³-hybridized carbons (Fsp3) is 0.795. The van der Waals surface area contributed by atoms with Crippen LogP contribution in [0.4, 0.5) is 4.79 Å². The summed E-state index contributed by atoms with van der Waals surface area (Å²) in [7, 11) is 10.3. The molecule has 2 aliphatic carbocycles. The van der Waals surface area contributed by atoms with Gasteiger partial charge >= 0.3 is 6.03 Å². The Balaban J connectivity index is 1.11. The van der Waals surface area contributed by atoms with Crippen LogP contribution in [0.25, 0.3) is 0 Å². The number of aromatic nitrogens is 4. The van der Waals surface area contributed by atoms with Crippen molar-refractivity contribution in [3.05, 3.63) is 34.9 Å². The van der Waals surface area contributed by atoms with E-state index in [2.05, 4.69) is 79.3 Å². The van der Waals surface area contributed by atoms with E-state index in [-0.39, 0.29) is 17.0 Å². The number of hydrogen-bond donors (Lipinski definition) is 3. The Bertz CT molecular complexity index is 1490. The first kappa shape index (κ1) is 38.7. The van der Waals surface area contributed by atoms with Gasteiger partial charge in [-0.05, 0) is 91.9 Å². The zero-order valence-corrected chi connectivity index (χ0v) is 33.2. The standard InChI is InChI=1S/C39H67N11O2/c1-29(2)23-50-37(52)47(7)27-39(50)14-10-31(11-15-39)35-33(25-46(6)21-18-41-4)26-49(44-35)28-48-19-16-38(36(48)51)12-8-30(9-13-38)34-32(22-42-43-34)24-45(5)20-17-40-3/h22,26,29-31,40-41H,8-21,23-25,27-28H2,1-7H3,(H,42,43). The van der Waals surface area contributed by atoms with Gasteiger partial charge in [-0.2, -0.15) is 10.2 Å². The van der Waals surface area contributed by atoms with Gasteiger partial charge in [0.2, 0.25) is 5.91 Å². The first-order chi connectivity index (χ1) is 25.0. The van der Waals surface area contributed by atoms with E-state index in [0.717, 1.165) is 117 Å². The molecule has 3 amide bonds. The summed E-state index contributed by atoms with van der Waals surface area (Å²) in [5.41, 5.74) is 4.68. The summed E-state index contributed by atoms with van der Waals surface area (Å²) in [6.07, 6.45) is 13.1. The molecule has 2 saturated heterocycles. The Morgan fingerprint density at radius 2 is 1.56 bits per heavy atom. The minimum Gasteiger partial charge on any atom is -0.325 e. The molecule has 4 aliphatic rings. The van der Waals surface area contributed by atoms with Gasteiger partial charge in [-0.3, -0.25) is 14.6 Å². The molecule has 2 aromatic heterocycles. The van der Waals surface area contributed by atoms with E-state index in [0.29, 0.717) is 30.3 Å². The minimum absolute atomic E-state index is 0.0735. The Hall–Kier alpha value is -3.00. The van der Waals surface area contributed by atoms with Crippen molar-refractivity contribution >= 4 is 11.9 Å². The number of aromatic amines is 1. The third-order valence-electron chi connectivity index (χ3n) is 12.8. The van der Waals surface area contributed by atoms with Crippen molar-refractivity contribution in [3.8, 4) is 0 Å². The molecule has 0 atom stereocenters. The molecule has 0 unspecified atom stereocenters. The zero-order valence-electron chi connectivity index (χ0n) is 33.2. The summed E-state index contributed by atoms with van der Waals surface area (Å²) < 4.78 is 2.06. The van der Waals surface area contributed by atoms with Crippen LogP contribution in [0.3, 0.4) is 0 Å². The number of nitrogens with one attached hydrogen (secondary N) is 3. The number of H-pyrrole nitrogens is 1. The first-order valence-electron chi connectivity index (χ1n) is 20.0. The van der Waals surface area contributed by atoms with Gasteiger partial charge in [0, 0.05) is 101 Å². The third-order valence-corrected chi connectivity index (χ3v) is 12.8. The van der Waals surface area contributed by atoms with E-state index >= 15 is 0 Å². The largest absolute Gasteiger partial charge is 0.325 e. The lowest BCUT2D eigenvalue weighted by molar-refractivity contribution is -0.139. The van der Waals surface area contributed by atoms with Gasteiger partial charge in [-0.15, -0.1) is 0 Å². The molecule has 52 heavy (non-hydrogen) atoms. The van der Waals surface area contributed by atoms with E-state index in [1.165, 1.54) is 22.5 Å². The van der Waals surface area contributed by atoms with Crippen molar-refractivity contribution in [2.75, 3.05) is 81.1 Å². The second-order valence-electron chi connectivity index (χ2n) is 17.2. The topological polar surface area (TPSA) is 121 Å². The predicted octanol–water partition coefficient (Wildman–Crippen LogP) is 3.86. The molecule has 4 heterocycles. The average molecular weight is 722 g/mol. The van der Waals surface area contributed by atoms with Crippen molar-refractivity contribution in [3.63, 3.8) is 0 Å². The number of carbonyl (C=O) groups is 2. The molecule has 290 valence electrons. The highest BCUT2D eigenvalue weighted by molar-refractivity contribution is 5.84. The van der Waals surface area contributed by atoms with E-state index in [1.807, 2.05) is 32.2 Å². The predicted molar refractivity (Wildman–Crippen MR) is 205 cm³/mol. The van der Waals surface area contributed by atoms with Crippen molar-refractivity contribution in [2.24, 2.45) is 11.3 Å². The van der Waals surface area contributed by atoms with Crippen LogP contribution in [0.2, 0.25) is 0 Å². The van der Waals surface area contributed by atoms with Gasteiger partial charge in [-0.1, -0.05) is 13.8 Å². The van der Waals surface area contributed by atoms with Gasteiger partial charge in [-0.25, -0.2) is 4.79 Å². The van der Waals surface area contributed by atoms with Gasteiger partial charge in [0.15, 0.2) is 0 Å². The molecule has 2 spiro atoms. The van der Waals surface area contributed by atoms with Crippen LogP contribution in [0.5, 0.6) is 0 Å². The fourth-order valence-corrected chi connectivity index (χ4v) is 9.78. The molecule has 0 radical (unpaired) electrons. The summed E-state index contributed by atoms with van der Waals surface area (Å²) in [4.78, 5) is 38.2. The summed E-state index contributed by atoms with van der Waals surface area (Å²) in [5, 5.41) is 19.6. The molecule has 2 aromatic rings. The number of likely N-dealkylation sites (N-methyl/N-ethyl adjacent to an activating group) is 5. The summed E-state index contributed by atoms with van der Waals surface area (Å²) in [6.45, 7) is 12.9. The molecule has 2 aliphatic heterocycles. The lowest BCUT2D eigenvalue weighted by Gasteiger charge is -2.43. The number of nitrogens with zero attached hydrogens (tertiary/aromatic N) is 8. The number of carbonyl (C=O) groups excluding carboxylic acids is 2. The maximum absolute atomic E-state index is 14.2. The Labute approximate surface area is 312 Å². The van der Waals surface area contributed by atoms with Crippen LogP contribution >= 0.6 is 0 Å². The van der Waals surface area contributed by atoms with Crippen molar-refractivity contribution in [2.45, 2.75) is 109 Å². The summed E-state index contributed by atoms with van der Waals surface area (Å²) >= 11 is 0. The summed E-state index contributed by atoms with van der Waals surface area (Å²) in [6, 6.07) is 0.180.